The third-order valence-corrected chi connectivity index (χ3v) is 5.06. The first-order valence-electron chi connectivity index (χ1n) is 7.91. The van der Waals surface area contributed by atoms with Gasteiger partial charge in [-0.1, -0.05) is 17.7 Å². The lowest BCUT2D eigenvalue weighted by Crippen LogP contribution is -2.42. The fourth-order valence-corrected chi connectivity index (χ4v) is 3.51. The number of rotatable bonds is 5. The van der Waals surface area contributed by atoms with Crippen LogP contribution in [-0.4, -0.2) is 60.9 Å². The molecule has 1 saturated heterocycles. The van der Waals surface area contributed by atoms with Gasteiger partial charge in [0.25, 0.3) is 0 Å². The molecule has 0 spiro atoms. The van der Waals surface area contributed by atoms with Crippen molar-refractivity contribution in [1.82, 2.24) is 5.01 Å². The van der Waals surface area contributed by atoms with Crippen LogP contribution in [0.25, 0.3) is 0 Å². The van der Waals surface area contributed by atoms with Gasteiger partial charge in [-0.15, -0.1) is 0 Å². The van der Waals surface area contributed by atoms with Gasteiger partial charge in [0.2, 0.25) is 0 Å². The van der Waals surface area contributed by atoms with Crippen LogP contribution in [0.3, 0.4) is 0 Å². The quantitative estimate of drug-likeness (QED) is 0.819. The van der Waals surface area contributed by atoms with Gasteiger partial charge < -0.3 is 14.6 Å². The maximum absolute atomic E-state index is 10.3. The highest BCUT2D eigenvalue weighted by Gasteiger charge is 2.46. The standard InChI is InChI=1S/C17H20ClN3O3/c1-10-12(4-3-11(9-19)14(10)18)15-17(24-8-7-23-2)16-13(22)5-6-21(16)20-15/h3-4,13,16-17,22H,5-8H2,1-2H3/t13-,16+,17-/m1/s1. The Kier molecular flexibility index (Phi) is 5.07. The van der Waals surface area contributed by atoms with Gasteiger partial charge in [-0.2, -0.15) is 10.4 Å². The molecule has 0 aliphatic carbocycles. The molecule has 1 N–H and O–H groups in total. The van der Waals surface area contributed by atoms with Crippen molar-refractivity contribution >= 4 is 17.3 Å². The second-order valence-electron chi connectivity index (χ2n) is 5.99. The number of aliphatic hydroxyl groups excluding tert-OH is 1. The average Bonchev–Trinajstić information content (AvgIpc) is 3.11. The Morgan fingerprint density at radius 1 is 1.46 bits per heavy atom. The van der Waals surface area contributed by atoms with Crippen molar-refractivity contribution in [2.75, 3.05) is 26.9 Å². The minimum absolute atomic E-state index is 0.189. The van der Waals surface area contributed by atoms with Crippen LogP contribution in [0, 0.1) is 18.3 Å². The van der Waals surface area contributed by atoms with Crippen LogP contribution in [0.2, 0.25) is 5.02 Å². The lowest BCUT2D eigenvalue weighted by molar-refractivity contribution is -0.00412. The molecule has 3 atom stereocenters. The summed E-state index contributed by atoms with van der Waals surface area (Å²) in [7, 11) is 1.62. The third-order valence-electron chi connectivity index (χ3n) is 4.58. The molecule has 24 heavy (non-hydrogen) atoms. The molecular formula is C17H20ClN3O3. The summed E-state index contributed by atoms with van der Waals surface area (Å²) in [6.07, 6.45) is -0.146. The highest BCUT2D eigenvalue weighted by Crippen LogP contribution is 2.34. The predicted octanol–water partition coefficient (Wildman–Crippen LogP) is 1.70. The molecule has 1 aromatic carbocycles. The lowest BCUT2D eigenvalue weighted by atomic mass is 9.94. The Morgan fingerprint density at radius 2 is 2.25 bits per heavy atom. The Bertz CT molecular complexity index is 701. The first kappa shape index (κ1) is 17.2. The molecule has 2 heterocycles. The second kappa shape index (κ2) is 7.08. The van der Waals surface area contributed by atoms with Crippen LogP contribution in [0.4, 0.5) is 0 Å². The van der Waals surface area contributed by atoms with Crippen molar-refractivity contribution in [3.8, 4) is 6.07 Å². The molecule has 3 rings (SSSR count). The van der Waals surface area contributed by atoms with Gasteiger partial charge in [-0.05, 0) is 25.0 Å². The summed E-state index contributed by atoms with van der Waals surface area (Å²) in [6, 6.07) is 5.44. The zero-order chi connectivity index (χ0) is 17.3. The molecule has 7 heteroatoms. The highest BCUT2D eigenvalue weighted by molar-refractivity contribution is 6.33. The van der Waals surface area contributed by atoms with Gasteiger partial charge in [0.1, 0.15) is 18.2 Å². The summed E-state index contributed by atoms with van der Waals surface area (Å²) in [4.78, 5) is 0. The third kappa shape index (κ3) is 2.89. The van der Waals surface area contributed by atoms with Crippen molar-refractivity contribution in [2.45, 2.75) is 31.6 Å². The van der Waals surface area contributed by atoms with E-state index in [0.29, 0.717) is 36.8 Å². The van der Waals surface area contributed by atoms with Crippen LogP contribution in [0.1, 0.15) is 23.1 Å². The Balaban J connectivity index is 1.96. The molecule has 2 aliphatic rings. The van der Waals surface area contributed by atoms with Crippen LogP contribution < -0.4 is 0 Å². The number of aliphatic hydroxyl groups is 1. The first-order valence-corrected chi connectivity index (χ1v) is 8.29. The number of hydrazone groups is 1. The highest BCUT2D eigenvalue weighted by atomic mass is 35.5. The normalized spacial score (nSPS) is 25.5. The van der Waals surface area contributed by atoms with Crippen LogP contribution >= 0.6 is 11.6 Å². The van der Waals surface area contributed by atoms with Crippen molar-refractivity contribution in [3.05, 3.63) is 33.8 Å². The molecule has 0 saturated carbocycles. The molecule has 1 aromatic rings. The minimum atomic E-state index is -0.479. The topological polar surface area (TPSA) is 78.1 Å². The maximum atomic E-state index is 10.3. The van der Waals surface area contributed by atoms with E-state index in [9.17, 15) is 5.11 Å². The van der Waals surface area contributed by atoms with E-state index >= 15 is 0 Å². The number of halogens is 1. The number of benzene rings is 1. The largest absolute Gasteiger partial charge is 0.391 e. The van der Waals surface area contributed by atoms with Crippen LogP contribution in [-0.2, 0) is 9.47 Å². The number of nitriles is 1. The van der Waals surface area contributed by atoms with Crippen LogP contribution in [0.15, 0.2) is 17.2 Å². The molecule has 1 fully saturated rings. The van der Waals surface area contributed by atoms with E-state index in [-0.39, 0.29) is 12.1 Å². The van der Waals surface area contributed by atoms with E-state index in [1.807, 2.05) is 18.0 Å². The van der Waals surface area contributed by atoms with E-state index < -0.39 is 6.10 Å². The number of nitrogens with zero attached hydrogens (tertiary/aromatic N) is 3. The van der Waals surface area contributed by atoms with Gasteiger partial charge >= 0.3 is 0 Å². The lowest BCUT2D eigenvalue weighted by Gasteiger charge is -2.24. The average molecular weight is 350 g/mol. The molecule has 0 radical (unpaired) electrons. The van der Waals surface area contributed by atoms with Crippen molar-refractivity contribution < 1.29 is 14.6 Å². The summed E-state index contributed by atoms with van der Waals surface area (Å²) in [5.74, 6) is 0. The minimum Gasteiger partial charge on any atom is -0.391 e. The zero-order valence-electron chi connectivity index (χ0n) is 13.7. The fourth-order valence-electron chi connectivity index (χ4n) is 3.31. The SMILES string of the molecule is COCCO[C@@H]1C(c2ccc(C#N)c(Cl)c2C)=NN2CC[C@@H](O)[C@@H]12. The fraction of sp³-hybridized carbons (Fsp3) is 0.529. The monoisotopic (exact) mass is 349 g/mol. The van der Waals surface area contributed by atoms with Crippen molar-refractivity contribution in [2.24, 2.45) is 5.10 Å². The molecule has 0 amide bonds. The molecule has 128 valence electrons. The Morgan fingerprint density at radius 3 is 2.96 bits per heavy atom. The molecule has 0 unspecified atom stereocenters. The molecule has 2 aliphatic heterocycles. The molecule has 6 nitrogen and oxygen atoms in total. The van der Waals surface area contributed by atoms with E-state index in [2.05, 4.69) is 11.2 Å². The van der Waals surface area contributed by atoms with Gasteiger partial charge in [0.15, 0.2) is 0 Å². The van der Waals surface area contributed by atoms with Gasteiger partial charge in [-0.25, -0.2) is 0 Å². The van der Waals surface area contributed by atoms with Gasteiger partial charge in [-0.3, -0.25) is 5.01 Å². The summed E-state index contributed by atoms with van der Waals surface area (Å²) in [5.41, 5.74) is 2.83. The summed E-state index contributed by atoms with van der Waals surface area (Å²) < 4.78 is 11.0. The van der Waals surface area contributed by atoms with E-state index in [0.717, 1.165) is 16.8 Å². The second-order valence-corrected chi connectivity index (χ2v) is 6.37. The molecular weight excluding hydrogens is 330 g/mol. The summed E-state index contributed by atoms with van der Waals surface area (Å²) in [6.45, 7) is 3.45. The maximum Gasteiger partial charge on any atom is 0.126 e. The summed E-state index contributed by atoms with van der Waals surface area (Å²) in [5, 5.41) is 26.4. The zero-order valence-corrected chi connectivity index (χ0v) is 14.5. The van der Waals surface area contributed by atoms with E-state index in [1.54, 1.807) is 13.2 Å². The smallest absolute Gasteiger partial charge is 0.126 e. The number of fused-ring (bicyclic) bond motifs is 1. The van der Waals surface area contributed by atoms with Crippen molar-refractivity contribution in [3.63, 3.8) is 0 Å². The number of hydrogen-bond donors (Lipinski definition) is 1. The van der Waals surface area contributed by atoms with E-state index in [4.69, 9.17) is 26.3 Å². The predicted molar refractivity (Wildman–Crippen MR) is 90.2 cm³/mol. The first-order chi connectivity index (χ1) is 11.6. The number of methoxy groups -OCH3 is 1. The Labute approximate surface area is 146 Å². The van der Waals surface area contributed by atoms with E-state index in [1.165, 1.54) is 0 Å². The van der Waals surface area contributed by atoms with Crippen LogP contribution in [0.5, 0.6) is 0 Å². The van der Waals surface area contributed by atoms with Gasteiger partial charge in [0, 0.05) is 19.2 Å². The number of ether oxygens (including phenoxy) is 2. The number of hydrogen-bond acceptors (Lipinski definition) is 6. The van der Waals surface area contributed by atoms with Crippen molar-refractivity contribution in [1.29, 1.82) is 5.26 Å². The molecule has 0 bridgehead atoms. The summed E-state index contributed by atoms with van der Waals surface area (Å²) >= 11 is 6.30. The molecule has 0 aromatic heterocycles. The van der Waals surface area contributed by atoms with Gasteiger partial charge in [0.05, 0.1) is 35.6 Å². The Hall–Kier alpha value is -1.65.